The van der Waals surface area contributed by atoms with Crippen molar-refractivity contribution < 1.29 is 9.90 Å². The Kier molecular flexibility index (Phi) is 5.74. The van der Waals surface area contributed by atoms with Crippen molar-refractivity contribution in [2.24, 2.45) is 0 Å². The molecular formula is C22H24ClN5O2. The summed E-state index contributed by atoms with van der Waals surface area (Å²) in [6, 6.07) is 11.8. The molecule has 156 valence electrons. The van der Waals surface area contributed by atoms with E-state index in [1.165, 1.54) is 5.56 Å². The van der Waals surface area contributed by atoms with Crippen LogP contribution in [0.1, 0.15) is 23.4 Å². The van der Waals surface area contributed by atoms with Crippen LogP contribution in [0, 0.1) is 6.92 Å². The predicted octanol–water partition coefficient (Wildman–Crippen LogP) is 3.71. The molecule has 0 atom stereocenters. The highest BCUT2D eigenvalue weighted by atomic mass is 35.5. The average molecular weight is 426 g/mol. The standard InChI is InChI=1S/C22H24ClN5O2/c1-15-4-6-16(7-5-15)20-25-21-19(14-27(10-3-11-29)22(30)26(21)2)28(20)13-18-9-8-17(23)12-24-18/h4-9,12,29H,3,10-11,13-14H2,1-2H3. The lowest BCUT2D eigenvalue weighted by molar-refractivity contribution is 0.189. The quantitative estimate of drug-likeness (QED) is 0.653. The molecule has 7 nitrogen and oxygen atoms in total. The van der Waals surface area contributed by atoms with Crippen LogP contribution < -0.4 is 4.90 Å². The molecule has 0 saturated heterocycles. The maximum Gasteiger partial charge on any atom is 0.325 e. The molecule has 2 aromatic heterocycles. The van der Waals surface area contributed by atoms with E-state index in [0.29, 0.717) is 36.9 Å². The van der Waals surface area contributed by atoms with Crippen molar-refractivity contribution in [1.82, 2.24) is 19.4 Å². The first-order chi connectivity index (χ1) is 14.5. The lowest BCUT2D eigenvalue weighted by Gasteiger charge is -2.33. The van der Waals surface area contributed by atoms with E-state index >= 15 is 0 Å². The minimum atomic E-state index is -0.110. The molecule has 2 amide bonds. The number of aliphatic hydroxyl groups is 1. The molecule has 0 fully saturated rings. The smallest absolute Gasteiger partial charge is 0.325 e. The van der Waals surface area contributed by atoms with Crippen LogP contribution in [-0.4, -0.2) is 50.8 Å². The van der Waals surface area contributed by atoms with E-state index in [1.807, 2.05) is 31.2 Å². The third kappa shape index (κ3) is 3.91. The Morgan fingerprint density at radius 1 is 1.17 bits per heavy atom. The molecule has 1 N–H and O–H groups in total. The SMILES string of the molecule is Cc1ccc(-c2nc3c(n2Cc2ccc(Cl)cn2)CN(CCCO)C(=O)N3C)cc1. The van der Waals surface area contributed by atoms with Gasteiger partial charge in [-0.15, -0.1) is 0 Å². The number of urea groups is 1. The first kappa shape index (κ1) is 20.4. The third-order valence-electron chi connectivity index (χ3n) is 5.27. The van der Waals surface area contributed by atoms with Crippen LogP contribution in [0.15, 0.2) is 42.6 Å². The van der Waals surface area contributed by atoms with E-state index in [0.717, 1.165) is 22.8 Å². The highest BCUT2D eigenvalue weighted by molar-refractivity contribution is 6.30. The van der Waals surface area contributed by atoms with E-state index in [4.69, 9.17) is 16.6 Å². The van der Waals surface area contributed by atoms with Crippen molar-refractivity contribution in [3.8, 4) is 11.4 Å². The van der Waals surface area contributed by atoms with Gasteiger partial charge in [-0.05, 0) is 25.5 Å². The number of aromatic nitrogens is 3. The molecule has 3 heterocycles. The predicted molar refractivity (Wildman–Crippen MR) is 117 cm³/mol. The van der Waals surface area contributed by atoms with E-state index in [2.05, 4.69) is 21.7 Å². The Morgan fingerprint density at radius 2 is 1.93 bits per heavy atom. The van der Waals surface area contributed by atoms with Crippen LogP contribution in [-0.2, 0) is 13.1 Å². The summed E-state index contributed by atoms with van der Waals surface area (Å²) in [7, 11) is 1.74. The molecule has 3 aromatic rings. The molecule has 0 saturated carbocycles. The van der Waals surface area contributed by atoms with Crippen molar-refractivity contribution in [3.63, 3.8) is 0 Å². The number of aryl methyl sites for hydroxylation is 1. The number of aliphatic hydroxyl groups excluding tert-OH is 1. The Balaban J connectivity index is 1.80. The highest BCUT2D eigenvalue weighted by Gasteiger charge is 2.33. The van der Waals surface area contributed by atoms with Crippen LogP contribution in [0.2, 0.25) is 5.02 Å². The number of pyridine rings is 1. The number of rotatable bonds is 6. The van der Waals surface area contributed by atoms with Crippen LogP contribution in [0.3, 0.4) is 0 Å². The van der Waals surface area contributed by atoms with Crippen LogP contribution >= 0.6 is 11.6 Å². The highest BCUT2D eigenvalue weighted by Crippen LogP contribution is 2.33. The number of anilines is 1. The summed E-state index contributed by atoms with van der Waals surface area (Å²) in [6.45, 7) is 3.53. The number of halogens is 1. The molecule has 0 bridgehead atoms. The van der Waals surface area contributed by atoms with Crippen molar-refractivity contribution in [1.29, 1.82) is 0 Å². The fourth-order valence-electron chi connectivity index (χ4n) is 3.64. The zero-order chi connectivity index (χ0) is 21.3. The second kappa shape index (κ2) is 8.45. The van der Waals surface area contributed by atoms with Gasteiger partial charge in [0.2, 0.25) is 0 Å². The van der Waals surface area contributed by atoms with Gasteiger partial charge in [-0.2, -0.15) is 0 Å². The summed E-state index contributed by atoms with van der Waals surface area (Å²) in [5.74, 6) is 1.45. The van der Waals surface area contributed by atoms with Crippen molar-refractivity contribution in [2.75, 3.05) is 25.1 Å². The molecule has 0 aliphatic carbocycles. The Hall–Kier alpha value is -2.90. The van der Waals surface area contributed by atoms with Crippen molar-refractivity contribution >= 4 is 23.4 Å². The summed E-state index contributed by atoms with van der Waals surface area (Å²) >= 11 is 6.00. The van der Waals surface area contributed by atoms with Gasteiger partial charge in [0.15, 0.2) is 5.82 Å². The summed E-state index contributed by atoms with van der Waals surface area (Å²) < 4.78 is 2.12. The topological polar surface area (TPSA) is 74.5 Å². The molecule has 0 radical (unpaired) electrons. The number of hydrogen-bond donors (Lipinski definition) is 1. The normalized spacial score (nSPS) is 13.7. The van der Waals surface area contributed by atoms with E-state index in [1.54, 1.807) is 23.0 Å². The minimum absolute atomic E-state index is 0.0446. The summed E-state index contributed by atoms with van der Waals surface area (Å²) in [5, 5.41) is 9.79. The van der Waals surface area contributed by atoms with Gasteiger partial charge in [0.25, 0.3) is 0 Å². The molecular weight excluding hydrogens is 402 g/mol. The summed E-state index contributed by atoms with van der Waals surface area (Å²) in [6.07, 6.45) is 2.17. The minimum Gasteiger partial charge on any atom is -0.396 e. The van der Waals surface area contributed by atoms with Gasteiger partial charge in [0, 0.05) is 32.0 Å². The Morgan fingerprint density at radius 3 is 2.60 bits per heavy atom. The lowest BCUT2D eigenvalue weighted by atomic mass is 10.1. The van der Waals surface area contributed by atoms with E-state index < -0.39 is 0 Å². The van der Waals surface area contributed by atoms with Gasteiger partial charge >= 0.3 is 6.03 Å². The maximum absolute atomic E-state index is 12.8. The zero-order valence-corrected chi connectivity index (χ0v) is 17.8. The second-order valence-electron chi connectivity index (χ2n) is 7.47. The Bertz CT molecular complexity index is 1050. The van der Waals surface area contributed by atoms with E-state index in [9.17, 15) is 9.90 Å². The number of carbonyl (C=O) groups is 1. The number of nitrogens with zero attached hydrogens (tertiary/aromatic N) is 5. The first-order valence-corrected chi connectivity index (χ1v) is 10.3. The number of amides is 2. The van der Waals surface area contributed by atoms with Crippen LogP contribution in [0.5, 0.6) is 0 Å². The van der Waals surface area contributed by atoms with Crippen LogP contribution in [0.4, 0.5) is 10.6 Å². The van der Waals surface area contributed by atoms with Crippen LogP contribution in [0.25, 0.3) is 11.4 Å². The summed E-state index contributed by atoms with van der Waals surface area (Å²) in [4.78, 5) is 25.4. The Labute approximate surface area is 180 Å². The lowest BCUT2D eigenvalue weighted by Crippen LogP contribution is -2.46. The molecule has 30 heavy (non-hydrogen) atoms. The van der Waals surface area contributed by atoms with Crippen molar-refractivity contribution in [2.45, 2.75) is 26.4 Å². The first-order valence-electron chi connectivity index (χ1n) is 9.88. The molecule has 1 aromatic carbocycles. The van der Waals surface area contributed by atoms with Gasteiger partial charge in [-0.1, -0.05) is 41.4 Å². The van der Waals surface area contributed by atoms with Gasteiger partial charge in [-0.25, -0.2) is 9.78 Å². The molecule has 1 aliphatic rings. The monoisotopic (exact) mass is 425 g/mol. The molecule has 4 rings (SSSR count). The third-order valence-corrected chi connectivity index (χ3v) is 5.50. The molecule has 1 aliphatic heterocycles. The van der Waals surface area contributed by atoms with Gasteiger partial charge in [-0.3, -0.25) is 9.88 Å². The zero-order valence-electron chi connectivity index (χ0n) is 17.0. The van der Waals surface area contributed by atoms with Gasteiger partial charge < -0.3 is 14.6 Å². The number of hydrogen-bond acceptors (Lipinski definition) is 4. The summed E-state index contributed by atoms with van der Waals surface area (Å²) in [5.41, 5.74) is 3.95. The second-order valence-corrected chi connectivity index (χ2v) is 7.90. The largest absolute Gasteiger partial charge is 0.396 e. The fraction of sp³-hybridized carbons (Fsp3) is 0.318. The maximum atomic E-state index is 12.8. The molecule has 0 unspecified atom stereocenters. The average Bonchev–Trinajstić information content (AvgIpc) is 3.10. The van der Waals surface area contributed by atoms with Gasteiger partial charge in [0.05, 0.1) is 29.5 Å². The fourth-order valence-corrected chi connectivity index (χ4v) is 3.75. The van der Waals surface area contributed by atoms with Crippen molar-refractivity contribution in [3.05, 3.63) is 64.6 Å². The van der Waals surface area contributed by atoms with E-state index in [-0.39, 0.29) is 12.6 Å². The number of imidazole rings is 1. The number of fused-ring (bicyclic) bond motifs is 1. The molecule has 0 spiro atoms. The molecule has 8 heteroatoms. The van der Waals surface area contributed by atoms with Gasteiger partial charge in [0.1, 0.15) is 5.82 Å². The number of carbonyl (C=O) groups excluding carboxylic acids is 1. The number of benzene rings is 1.